The molecule has 0 amide bonds. The second-order valence-corrected chi connectivity index (χ2v) is 15.2. The molecule has 0 bridgehead atoms. The zero-order valence-electron chi connectivity index (χ0n) is 28.3. The van der Waals surface area contributed by atoms with Crippen LogP contribution < -0.4 is 0 Å². The molecule has 0 aromatic heterocycles. The Labute approximate surface area is 280 Å². The van der Waals surface area contributed by atoms with Gasteiger partial charge in [0.05, 0.1) is 37.4 Å². The van der Waals surface area contributed by atoms with Crippen LogP contribution in [0, 0.1) is 29.6 Å². The van der Waals surface area contributed by atoms with Crippen molar-refractivity contribution in [3.05, 3.63) is 47.0 Å². The quantitative estimate of drug-likeness (QED) is 0.0971. The molecule has 0 N–H and O–H groups in total. The number of hydrogen-bond donors (Lipinski definition) is 0. The van der Waals surface area contributed by atoms with Gasteiger partial charge in [0.15, 0.2) is 0 Å². The Bertz CT molecular complexity index is 1290. The molecular weight excluding hydrogens is 592 g/mol. The van der Waals surface area contributed by atoms with Gasteiger partial charge in [0.25, 0.3) is 0 Å². The molecule has 7 nitrogen and oxygen atoms in total. The Morgan fingerprint density at radius 1 is 0.702 bits per heavy atom. The Morgan fingerprint density at radius 3 is 1.85 bits per heavy atom. The Kier molecular flexibility index (Phi) is 11.6. The van der Waals surface area contributed by atoms with Gasteiger partial charge in [-0.25, -0.2) is 0 Å². The van der Waals surface area contributed by atoms with E-state index in [2.05, 4.69) is 19.1 Å². The fraction of sp³-hybridized carbons (Fsp3) is 0.700. The maximum absolute atomic E-state index is 12.4. The summed E-state index contributed by atoms with van der Waals surface area (Å²) in [6.07, 6.45) is 26.4. The van der Waals surface area contributed by atoms with Crippen molar-refractivity contribution in [3.63, 3.8) is 0 Å². The van der Waals surface area contributed by atoms with E-state index in [1.807, 2.05) is 6.07 Å². The lowest BCUT2D eigenvalue weighted by molar-refractivity contribution is -0.154. The summed E-state index contributed by atoms with van der Waals surface area (Å²) in [5, 5.41) is 0. The zero-order valence-corrected chi connectivity index (χ0v) is 28.3. The molecule has 256 valence electrons. The minimum atomic E-state index is -0.682. The minimum absolute atomic E-state index is 0.00154. The number of rotatable bonds is 12. The lowest BCUT2D eigenvalue weighted by Gasteiger charge is -2.37. The molecule has 7 heteroatoms. The molecule has 2 saturated heterocycles. The van der Waals surface area contributed by atoms with Crippen LogP contribution in [-0.4, -0.2) is 30.0 Å². The highest BCUT2D eigenvalue weighted by molar-refractivity contribution is 5.99. The summed E-state index contributed by atoms with van der Waals surface area (Å²) in [5.74, 6) is 0.754. The molecule has 2 unspecified atom stereocenters. The van der Waals surface area contributed by atoms with Crippen LogP contribution in [0.25, 0.3) is 0 Å². The molecule has 3 aliphatic carbocycles. The summed E-state index contributed by atoms with van der Waals surface area (Å²) in [4.78, 5) is 48.2. The lowest BCUT2D eigenvalue weighted by Crippen LogP contribution is -2.25. The van der Waals surface area contributed by atoms with Crippen molar-refractivity contribution in [3.8, 4) is 0 Å². The number of carbonyl (C=O) groups excluding carboxylic acids is 4. The second-order valence-electron chi connectivity index (χ2n) is 15.2. The van der Waals surface area contributed by atoms with E-state index in [0.29, 0.717) is 17.0 Å². The maximum atomic E-state index is 12.4. The van der Waals surface area contributed by atoms with Crippen LogP contribution in [0.3, 0.4) is 0 Å². The molecule has 47 heavy (non-hydrogen) atoms. The zero-order chi connectivity index (χ0) is 32.8. The molecule has 2 atom stereocenters. The van der Waals surface area contributed by atoms with Gasteiger partial charge in [-0.15, -0.1) is 0 Å². The van der Waals surface area contributed by atoms with E-state index < -0.39 is 35.7 Å². The largest absolute Gasteiger partial charge is 0.393 e. The summed E-state index contributed by atoms with van der Waals surface area (Å²) >= 11 is 0. The van der Waals surface area contributed by atoms with Gasteiger partial charge in [0.2, 0.25) is 0 Å². The summed E-state index contributed by atoms with van der Waals surface area (Å²) in [5.41, 5.74) is 2.10. The fourth-order valence-electron chi connectivity index (χ4n) is 9.16. The second kappa shape index (κ2) is 16.1. The smallest absolute Gasteiger partial charge is 0.321 e. The monoisotopic (exact) mass is 646 g/mol. The van der Waals surface area contributed by atoms with Crippen LogP contribution in [-0.2, 0) is 40.0 Å². The predicted octanol–water partition coefficient (Wildman–Crippen LogP) is 8.63. The van der Waals surface area contributed by atoms with Gasteiger partial charge in [-0.3, -0.25) is 19.2 Å². The maximum Gasteiger partial charge on any atom is 0.321 e. The number of ether oxygens (including phenoxy) is 3. The Morgan fingerprint density at radius 2 is 1.28 bits per heavy atom. The molecule has 1 aromatic rings. The number of cyclic esters (lactones) is 4. The van der Waals surface area contributed by atoms with E-state index in [9.17, 15) is 19.2 Å². The van der Waals surface area contributed by atoms with Crippen molar-refractivity contribution < 1.29 is 33.4 Å². The van der Waals surface area contributed by atoms with Gasteiger partial charge >= 0.3 is 23.9 Å². The number of esters is 4. The first-order valence-electron chi connectivity index (χ1n) is 18.8. The first-order valence-corrected chi connectivity index (χ1v) is 18.8. The number of carbonyl (C=O) groups is 4. The van der Waals surface area contributed by atoms with Crippen molar-refractivity contribution in [2.75, 3.05) is 0 Å². The molecule has 0 radical (unpaired) electrons. The van der Waals surface area contributed by atoms with E-state index in [-0.39, 0.29) is 25.6 Å². The Hall–Kier alpha value is -2.80. The molecule has 0 spiro atoms. The number of unbranched alkanes of at least 4 members (excludes halogenated alkanes) is 2. The van der Waals surface area contributed by atoms with Crippen molar-refractivity contribution in [2.24, 2.45) is 29.6 Å². The summed E-state index contributed by atoms with van der Waals surface area (Å²) in [6.45, 7) is 2.57. The van der Waals surface area contributed by atoms with Gasteiger partial charge in [-0.1, -0.05) is 75.8 Å². The predicted molar refractivity (Wildman–Crippen MR) is 178 cm³/mol. The van der Waals surface area contributed by atoms with Crippen LogP contribution in [0.1, 0.15) is 151 Å². The average Bonchev–Trinajstić information content (AvgIpc) is 3.61. The third-order valence-corrected chi connectivity index (χ3v) is 12.1. The van der Waals surface area contributed by atoms with Gasteiger partial charge in [-0.05, 0) is 110 Å². The van der Waals surface area contributed by atoms with Crippen molar-refractivity contribution in [1.29, 1.82) is 0 Å². The van der Waals surface area contributed by atoms with Gasteiger partial charge in [-0.2, -0.15) is 0 Å². The summed E-state index contributed by atoms with van der Waals surface area (Å²) in [7, 11) is 0. The number of allylic oxidation sites excluding steroid dienone is 2. The van der Waals surface area contributed by atoms with Crippen molar-refractivity contribution in [1.82, 2.24) is 0 Å². The number of benzene rings is 1. The van der Waals surface area contributed by atoms with E-state index >= 15 is 0 Å². The third kappa shape index (κ3) is 8.82. The number of hydrogen-bond acceptors (Lipinski definition) is 7. The molecular formula is C40H54O7. The first kappa shape index (κ1) is 34.1. The van der Waals surface area contributed by atoms with E-state index in [0.717, 1.165) is 54.9 Å². The Balaban J connectivity index is 0.951. The highest BCUT2D eigenvalue weighted by Crippen LogP contribution is 2.43. The highest BCUT2D eigenvalue weighted by atomic mass is 16.6. The van der Waals surface area contributed by atoms with Gasteiger partial charge in [0, 0.05) is 0 Å². The molecule has 6 rings (SSSR count). The molecule has 5 fully saturated rings. The first-order chi connectivity index (χ1) is 22.9. The minimum Gasteiger partial charge on any atom is -0.393 e. The molecule has 2 heterocycles. The van der Waals surface area contributed by atoms with Crippen LogP contribution in [0.15, 0.2) is 30.4 Å². The fourth-order valence-corrected chi connectivity index (χ4v) is 9.16. The van der Waals surface area contributed by atoms with Gasteiger partial charge < -0.3 is 14.2 Å². The van der Waals surface area contributed by atoms with Gasteiger partial charge in [0.1, 0.15) is 0 Å². The lowest BCUT2D eigenvalue weighted by atomic mass is 9.68. The third-order valence-electron chi connectivity index (χ3n) is 12.1. The standard InChI is InChI=1S/C40H54O7/c1-2-3-4-5-26-8-14-29(15-9-26)30-16-10-27(11-17-30)6-7-28-12-19-33(20-13-28)45-25-32-22-31(35-23-37(41)46-39(35)43)18-21-34(32)36-24-38(42)47-40(36)44/h6-7,18,21-22,26-30,33,35-36H,2-5,8-17,19-20,23-25H2,1H3/b7-6+. The van der Waals surface area contributed by atoms with Crippen LogP contribution in [0.2, 0.25) is 0 Å². The molecule has 1 aromatic carbocycles. The molecule has 5 aliphatic rings. The van der Waals surface area contributed by atoms with Crippen molar-refractivity contribution in [2.45, 2.75) is 147 Å². The van der Waals surface area contributed by atoms with E-state index in [4.69, 9.17) is 14.2 Å². The van der Waals surface area contributed by atoms with Crippen molar-refractivity contribution >= 4 is 23.9 Å². The van der Waals surface area contributed by atoms with Crippen LogP contribution in [0.5, 0.6) is 0 Å². The normalized spacial score (nSPS) is 33.4. The van der Waals surface area contributed by atoms with Crippen LogP contribution in [0.4, 0.5) is 0 Å². The van der Waals surface area contributed by atoms with E-state index in [1.54, 1.807) is 12.1 Å². The van der Waals surface area contributed by atoms with E-state index in [1.165, 1.54) is 77.0 Å². The SMILES string of the molecule is CCCCCC1CCC(C2CCC(/C=C/C3CCC(OCc4cc(C5CC(=O)OC5=O)ccc4C4CC(=O)OC4=O)CC3)CC2)CC1. The van der Waals surface area contributed by atoms with Crippen LogP contribution >= 0.6 is 0 Å². The average molecular weight is 647 g/mol. The summed E-state index contributed by atoms with van der Waals surface area (Å²) < 4.78 is 16.0. The topological polar surface area (TPSA) is 96.0 Å². The molecule has 3 saturated carbocycles. The summed E-state index contributed by atoms with van der Waals surface area (Å²) in [6, 6.07) is 5.34. The molecule has 2 aliphatic heterocycles. The highest BCUT2D eigenvalue weighted by Gasteiger charge is 2.38.